The molecular weight excluding hydrogens is 214 g/mol. The minimum Gasteiger partial charge on any atom is -0.318 e. The third kappa shape index (κ3) is 1.67. The van der Waals surface area contributed by atoms with E-state index in [0.29, 0.717) is 5.82 Å². The van der Waals surface area contributed by atoms with Gasteiger partial charge in [0.25, 0.3) is 0 Å². The van der Waals surface area contributed by atoms with Crippen molar-refractivity contribution in [1.29, 1.82) is 0 Å². The maximum atomic E-state index is 13.6. The van der Waals surface area contributed by atoms with Crippen LogP contribution >= 0.6 is 0 Å². The van der Waals surface area contributed by atoms with E-state index in [0.717, 1.165) is 0 Å². The molecule has 0 spiro atoms. The highest BCUT2D eigenvalue weighted by atomic mass is 19.2. The van der Waals surface area contributed by atoms with E-state index in [1.54, 1.807) is 0 Å². The fourth-order valence-electron chi connectivity index (χ4n) is 1.41. The van der Waals surface area contributed by atoms with E-state index in [2.05, 4.69) is 15.2 Å². The number of H-pyrrole nitrogens is 1. The molecule has 0 aliphatic heterocycles. The topological polar surface area (TPSA) is 67.6 Å². The number of nitrogens with zero attached hydrogens (tertiary/aromatic N) is 2. The second-order valence-corrected chi connectivity index (χ2v) is 3.45. The molecular formula is C10H10F2N4. The van der Waals surface area contributed by atoms with Gasteiger partial charge in [0, 0.05) is 5.56 Å². The number of nitrogens with two attached hydrogens (primary N) is 1. The Morgan fingerprint density at radius 2 is 2.06 bits per heavy atom. The van der Waals surface area contributed by atoms with Gasteiger partial charge in [-0.3, -0.25) is 5.10 Å². The number of halogens is 2. The van der Waals surface area contributed by atoms with Gasteiger partial charge in [0.05, 0.1) is 6.04 Å². The Bertz CT molecular complexity index is 496. The number of aryl methyl sites for hydroxylation is 1. The lowest BCUT2D eigenvalue weighted by molar-refractivity contribution is 0.488. The number of rotatable bonds is 2. The monoisotopic (exact) mass is 224 g/mol. The quantitative estimate of drug-likeness (QED) is 0.811. The van der Waals surface area contributed by atoms with Gasteiger partial charge in [-0.15, -0.1) is 0 Å². The molecule has 4 nitrogen and oxygen atoms in total. The molecule has 2 rings (SSSR count). The molecule has 6 heteroatoms. The summed E-state index contributed by atoms with van der Waals surface area (Å²) in [6.45, 7) is 1.49. The van der Waals surface area contributed by atoms with Crippen molar-refractivity contribution in [3.05, 3.63) is 47.0 Å². The molecule has 0 radical (unpaired) electrons. The van der Waals surface area contributed by atoms with E-state index in [9.17, 15) is 8.78 Å². The molecule has 0 bridgehead atoms. The van der Waals surface area contributed by atoms with Crippen LogP contribution in [-0.2, 0) is 0 Å². The van der Waals surface area contributed by atoms with E-state index in [-0.39, 0.29) is 11.1 Å². The van der Waals surface area contributed by atoms with Gasteiger partial charge in [-0.2, -0.15) is 5.10 Å². The summed E-state index contributed by atoms with van der Waals surface area (Å²) in [5, 5.41) is 6.13. The van der Waals surface area contributed by atoms with E-state index < -0.39 is 17.7 Å². The largest absolute Gasteiger partial charge is 0.318 e. The van der Waals surface area contributed by atoms with E-state index in [4.69, 9.17) is 5.73 Å². The molecule has 0 aliphatic rings. The minimum atomic E-state index is -0.941. The highest BCUT2D eigenvalue weighted by Crippen LogP contribution is 2.22. The third-order valence-electron chi connectivity index (χ3n) is 2.37. The fraction of sp³-hybridized carbons (Fsp3) is 0.200. The lowest BCUT2D eigenvalue weighted by Crippen LogP contribution is -2.16. The molecule has 1 aromatic heterocycles. The summed E-state index contributed by atoms with van der Waals surface area (Å²) >= 11 is 0. The second-order valence-electron chi connectivity index (χ2n) is 3.45. The van der Waals surface area contributed by atoms with Gasteiger partial charge in [0.2, 0.25) is 0 Å². The summed E-state index contributed by atoms with van der Waals surface area (Å²) in [6, 6.07) is 2.07. The standard InChI is InChI=1S/C10H10F2N4/c1-5-2-3-6(8(12)7(5)11)9(13)10-14-4-15-16-10/h2-4,9H,13H2,1H3,(H,14,15,16). The van der Waals surface area contributed by atoms with Crippen molar-refractivity contribution in [2.75, 3.05) is 0 Å². The highest BCUT2D eigenvalue weighted by Gasteiger charge is 2.19. The maximum Gasteiger partial charge on any atom is 0.164 e. The molecule has 0 saturated heterocycles. The SMILES string of the molecule is Cc1ccc(C(N)c2ncn[nH]2)c(F)c1F. The third-order valence-corrected chi connectivity index (χ3v) is 2.37. The molecule has 0 aliphatic carbocycles. The summed E-state index contributed by atoms with van der Waals surface area (Å²) in [6.07, 6.45) is 1.26. The molecule has 1 heterocycles. The van der Waals surface area contributed by atoms with Gasteiger partial charge < -0.3 is 5.73 Å². The van der Waals surface area contributed by atoms with Crippen molar-refractivity contribution in [2.45, 2.75) is 13.0 Å². The van der Waals surface area contributed by atoms with Crippen molar-refractivity contribution in [1.82, 2.24) is 15.2 Å². The number of nitrogens with one attached hydrogen (secondary N) is 1. The van der Waals surface area contributed by atoms with Crippen LogP contribution in [0.3, 0.4) is 0 Å². The Kier molecular flexibility index (Phi) is 2.66. The Hall–Kier alpha value is -1.82. The zero-order valence-corrected chi connectivity index (χ0v) is 8.54. The molecule has 16 heavy (non-hydrogen) atoms. The van der Waals surface area contributed by atoms with Gasteiger partial charge in [-0.25, -0.2) is 13.8 Å². The van der Waals surface area contributed by atoms with Crippen LogP contribution in [0.25, 0.3) is 0 Å². The van der Waals surface area contributed by atoms with Crippen LogP contribution in [0, 0.1) is 18.6 Å². The minimum absolute atomic E-state index is 0.0554. The summed E-state index contributed by atoms with van der Waals surface area (Å²) < 4.78 is 26.9. The Morgan fingerprint density at radius 1 is 1.31 bits per heavy atom. The Labute approximate surface area is 90.5 Å². The van der Waals surface area contributed by atoms with Crippen LogP contribution in [0.15, 0.2) is 18.5 Å². The first-order valence-electron chi connectivity index (χ1n) is 4.66. The average molecular weight is 224 g/mol. The van der Waals surface area contributed by atoms with Gasteiger partial charge in [0.1, 0.15) is 12.2 Å². The smallest absolute Gasteiger partial charge is 0.164 e. The summed E-state index contributed by atoms with van der Waals surface area (Å²) in [7, 11) is 0. The zero-order chi connectivity index (χ0) is 11.7. The lowest BCUT2D eigenvalue weighted by Gasteiger charge is -2.11. The molecule has 1 aromatic carbocycles. The summed E-state index contributed by atoms with van der Waals surface area (Å²) in [5.41, 5.74) is 6.04. The molecule has 2 aromatic rings. The predicted molar refractivity (Wildman–Crippen MR) is 53.5 cm³/mol. The van der Waals surface area contributed by atoms with E-state index >= 15 is 0 Å². The molecule has 1 atom stereocenters. The molecule has 0 amide bonds. The average Bonchev–Trinajstić information content (AvgIpc) is 2.79. The zero-order valence-electron chi connectivity index (χ0n) is 8.54. The first-order valence-corrected chi connectivity index (χ1v) is 4.66. The first kappa shape index (κ1) is 10.7. The van der Waals surface area contributed by atoms with Crippen molar-refractivity contribution in [3.8, 4) is 0 Å². The van der Waals surface area contributed by atoms with Gasteiger partial charge >= 0.3 is 0 Å². The number of aromatic amines is 1. The predicted octanol–water partition coefficient (Wildman–Crippen LogP) is 1.44. The van der Waals surface area contributed by atoms with Crippen LogP contribution in [-0.4, -0.2) is 15.2 Å². The number of aromatic nitrogens is 3. The lowest BCUT2D eigenvalue weighted by atomic mass is 10.0. The molecule has 0 fully saturated rings. The van der Waals surface area contributed by atoms with Gasteiger partial charge in [-0.05, 0) is 12.5 Å². The van der Waals surface area contributed by atoms with Gasteiger partial charge in [-0.1, -0.05) is 12.1 Å². The molecule has 0 saturated carbocycles. The highest BCUT2D eigenvalue weighted by molar-refractivity contribution is 5.30. The summed E-state index contributed by atoms with van der Waals surface area (Å²) in [5.74, 6) is -1.53. The first-order chi connectivity index (χ1) is 7.61. The van der Waals surface area contributed by atoms with Crippen LogP contribution < -0.4 is 5.73 Å². The Morgan fingerprint density at radius 3 is 2.69 bits per heavy atom. The number of hydrogen-bond acceptors (Lipinski definition) is 3. The second kappa shape index (κ2) is 3.97. The Balaban J connectivity index is 2.45. The van der Waals surface area contributed by atoms with Crippen LogP contribution in [0.4, 0.5) is 8.78 Å². The van der Waals surface area contributed by atoms with Gasteiger partial charge in [0.15, 0.2) is 11.6 Å². The van der Waals surface area contributed by atoms with Crippen molar-refractivity contribution < 1.29 is 8.78 Å². The molecule has 84 valence electrons. The van der Waals surface area contributed by atoms with Crippen molar-refractivity contribution in [3.63, 3.8) is 0 Å². The molecule has 1 unspecified atom stereocenters. The number of benzene rings is 1. The van der Waals surface area contributed by atoms with E-state index in [1.165, 1.54) is 25.4 Å². The van der Waals surface area contributed by atoms with Crippen LogP contribution in [0.5, 0.6) is 0 Å². The number of hydrogen-bond donors (Lipinski definition) is 2. The van der Waals surface area contributed by atoms with Crippen LogP contribution in [0.2, 0.25) is 0 Å². The molecule has 3 N–H and O–H groups in total. The fourth-order valence-corrected chi connectivity index (χ4v) is 1.41. The van der Waals surface area contributed by atoms with Crippen molar-refractivity contribution >= 4 is 0 Å². The normalized spacial score (nSPS) is 12.8. The maximum absolute atomic E-state index is 13.6. The van der Waals surface area contributed by atoms with Crippen LogP contribution in [0.1, 0.15) is 23.0 Å². The van der Waals surface area contributed by atoms with Crippen molar-refractivity contribution in [2.24, 2.45) is 5.73 Å². The van der Waals surface area contributed by atoms with E-state index in [1.807, 2.05) is 0 Å². The summed E-state index contributed by atoms with van der Waals surface area (Å²) in [4.78, 5) is 3.80.